The lowest BCUT2D eigenvalue weighted by molar-refractivity contribution is -0.122. The van der Waals surface area contributed by atoms with Crippen molar-refractivity contribution in [1.82, 2.24) is 29.5 Å². The molecule has 2 fully saturated rings. The fourth-order valence-corrected chi connectivity index (χ4v) is 5.72. The van der Waals surface area contributed by atoms with Crippen LogP contribution in [0.3, 0.4) is 0 Å². The molecule has 37 heavy (non-hydrogen) atoms. The van der Waals surface area contributed by atoms with Gasteiger partial charge in [0.1, 0.15) is 6.54 Å². The van der Waals surface area contributed by atoms with E-state index in [9.17, 15) is 9.59 Å². The van der Waals surface area contributed by atoms with Crippen LogP contribution in [0.25, 0.3) is 17.2 Å². The highest BCUT2D eigenvalue weighted by Gasteiger charge is 2.39. The Morgan fingerprint density at radius 2 is 1.92 bits per heavy atom. The van der Waals surface area contributed by atoms with Crippen LogP contribution in [-0.4, -0.2) is 67.5 Å². The summed E-state index contributed by atoms with van der Waals surface area (Å²) in [6.07, 6.45) is 5.07. The highest BCUT2D eigenvalue weighted by molar-refractivity contribution is 6.30. The summed E-state index contributed by atoms with van der Waals surface area (Å²) in [4.78, 5) is 33.1. The molecule has 2 aromatic heterocycles. The van der Waals surface area contributed by atoms with Crippen molar-refractivity contribution in [2.24, 2.45) is 0 Å². The first-order valence-electron chi connectivity index (χ1n) is 12.9. The number of ether oxygens (including phenoxy) is 1. The molecule has 3 aromatic rings. The first-order valence-corrected chi connectivity index (χ1v) is 13.2. The predicted molar refractivity (Wildman–Crippen MR) is 142 cm³/mol. The monoisotopic (exact) mass is 524 g/mol. The van der Waals surface area contributed by atoms with Crippen molar-refractivity contribution in [3.05, 3.63) is 63.7 Å². The van der Waals surface area contributed by atoms with Crippen molar-refractivity contribution in [3.8, 4) is 17.2 Å². The number of morpholine rings is 1. The summed E-state index contributed by atoms with van der Waals surface area (Å²) >= 11 is 6.20. The molecule has 1 N–H and O–H groups in total. The van der Waals surface area contributed by atoms with Crippen LogP contribution in [-0.2, 0) is 22.5 Å². The molecular formula is C27H33ClN6O3. The second-order valence-corrected chi connectivity index (χ2v) is 10.7. The van der Waals surface area contributed by atoms with Crippen molar-refractivity contribution in [1.29, 1.82) is 0 Å². The number of hydrogen-bond acceptors (Lipinski definition) is 6. The Hall–Kier alpha value is -3.01. The van der Waals surface area contributed by atoms with E-state index in [4.69, 9.17) is 16.3 Å². The van der Waals surface area contributed by atoms with Crippen molar-refractivity contribution in [2.45, 2.75) is 70.7 Å². The molecule has 2 aliphatic rings. The number of halogens is 1. The Bertz CT molecular complexity index is 1300. The molecular weight excluding hydrogens is 492 g/mol. The number of amides is 1. The SMILES string of the molecule is CC(C)NC(=O)Cn1c(-c2cccc(Cl)c2)nn(-c2ccc(CC(C)N3C4CCC3COC4)cn2)c1=O. The quantitative estimate of drug-likeness (QED) is 0.487. The van der Waals surface area contributed by atoms with Gasteiger partial charge in [-0.25, -0.2) is 9.78 Å². The number of hydrogen-bond donors (Lipinski definition) is 1. The Morgan fingerprint density at radius 1 is 1.16 bits per heavy atom. The zero-order valence-electron chi connectivity index (χ0n) is 21.4. The van der Waals surface area contributed by atoms with Gasteiger partial charge in [0.05, 0.1) is 13.2 Å². The molecule has 4 heterocycles. The van der Waals surface area contributed by atoms with E-state index < -0.39 is 5.69 Å². The lowest BCUT2D eigenvalue weighted by Gasteiger charge is -2.39. The third kappa shape index (κ3) is 5.49. The molecule has 1 amide bonds. The van der Waals surface area contributed by atoms with E-state index >= 15 is 0 Å². The van der Waals surface area contributed by atoms with E-state index in [0.717, 1.165) is 25.2 Å². The number of nitrogens with zero attached hydrogens (tertiary/aromatic N) is 5. The minimum Gasteiger partial charge on any atom is -0.378 e. The van der Waals surface area contributed by atoms with Gasteiger partial charge in [0.25, 0.3) is 0 Å². The summed E-state index contributed by atoms with van der Waals surface area (Å²) in [5.74, 6) is 0.488. The van der Waals surface area contributed by atoms with Gasteiger partial charge in [-0.05, 0) is 63.8 Å². The zero-order chi connectivity index (χ0) is 26.1. The highest BCUT2D eigenvalue weighted by atomic mass is 35.5. The van der Waals surface area contributed by atoms with Gasteiger partial charge in [-0.2, -0.15) is 4.68 Å². The Labute approximate surface area is 221 Å². The highest BCUT2D eigenvalue weighted by Crippen LogP contribution is 2.31. The number of fused-ring (bicyclic) bond motifs is 2. The summed E-state index contributed by atoms with van der Waals surface area (Å²) in [6.45, 7) is 7.48. The van der Waals surface area contributed by atoms with Crippen LogP contribution >= 0.6 is 11.6 Å². The first-order chi connectivity index (χ1) is 17.8. The molecule has 2 bridgehead atoms. The Morgan fingerprint density at radius 3 is 2.57 bits per heavy atom. The molecule has 9 nitrogen and oxygen atoms in total. The summed E-state index contributed by atoms with van der Waals surface area (Å²) in [5.41, 5.74) is 1.31. The number of nitrogens with one attached hydrogen (secondary N) is 1. The number of aromatic nitrogens is 4. The number of benzene rings is 1. The standard InChI is InChI=1S/C27H33ClN6O3/c1-17(2)30-25(35)14-32-26(20-5-4-6-21(28)12-20)31-34(27(32)36)24-10-7-19(13-29-24)11-18(3)33-22-8-9-23(33)16-37-15-22/h4-7,10,12-13,17-18,22-23H,8-9,11,14-16H2,1-3H3,(H,30,35). The van der Waals surface area contributed by atoms with E-state index in [1.165, 1.54) is 22.1 Å². The lowest BCUT2D eigenvalue weighted by atomic mass is 10.1. The fourth-order valence-electron chi connectivity index (χ4n) is 5.53. The van der Waals surface area contributed by atoms with E-state index in [1.54, 1.807) is 18.2 Å². The van der Waals surface area contributed by atoms with E-state index in [2.05, 4.69) is 27.2 Å². The number of carbonyl (C=O) groups excluding carboxylic acids is 1. The van der Waals surface area contributed by atoms with Gasteiger partial charge in [-0.15, -0.1) is 5.10 Å². The van der Waals surface area contributed by atoms with Gasteiger partial charge in [-0.1, -0.05) is 29.8 Å². The summed E-state index contributed by atoms with van der Waals surface area (Å²) in [7, 11) is 0. The lowest BCUT2D eigenvalue weighted by Crippen LogP contribution is -2.50. The van der Waals surface area contributed by atoms with Crippen LogP contribution < -0.4 is 11.0 Å². The zero-order valence-corrected chi connectivity index (χ0v) is 22.2. The maximum atomic E-state index is 13.4. The van der Waals surface area contributed by atoms with Crippen LogP contribution in [0.1, 0.15) is 39.2 Å². The number of carbonyl (C=O) groups is 1. The molecule has 0 spiro atoms. The normalized spacial score (nSPS) is 20.4. The maximum Gasteiger partial charge on any atom is 0.352 e. The maximum absolute atomic E-state index is 13.4. The smallest absolute Gasteiger partial charge is 0.352 e. The molecule has 3 unspecified atom stereocenters. The van der Waals surface area contributed by atoms with Crippen LogP contribution in [0, 0.1) is 0 Å². The Balaban J connectivity index is 1.40. The molecule has 0 aliphatic carbocycles. The first kappa shape index (κ1) is 25.6. The molecule has 2 aliphatic heterocycles. The van der Waals surface area contributed by atoms with Crippen LogP contribution in [0.15, 0.2) is 47.4 Å². The third-order valence-electron chi connectivity index (χ3n) is 7.06. The average molecular weight is 525 g/mol. The Kier molecular flexibility index (Phi) is 7.46. The molecule has 196 valence electrons. The predicted octanol–water partition coefficient (Wildman–Crippen LogP) is 3.07. The van der Waals surface area contributed by atoms with E-state index in [0.29, 0.717) is 40.4 Å². The second kappa shape index (κ2) is 10.8. The number of pyridine rings is 1. The summed E-state index contributed by atoms with van der Waals surface area (Å²) in [6, 6.07) is 12.2. The molecule has 2 saturated heterocycles. The molecule has 1 aromatic carbocycles. The molecule has 10 heteroatoms. The number of rotatable bonds is 8. The van der Waals surface area contributed by atoms with E-state index in [-0.39, 0.29) is 18.5 Å². The average Bonchev–Trinajstić information content (AvgIpc) is 3.31. The molecule has 0 radical (unpaired) electrons. The minimum atomic E-state index is -0.438. The topological polar surface area (TPSA) is 94.3 Å². The molecule has 5 rings (SSSR count). The van der Waals surface area contributed by atoms with Crippen molar-refractivity contribution in [3.63, 3.8) is 0 Å². The van der Waals surface area contributed by atoms with Crippen LogP contribution in [0.2, 0.25) is 5.02 Å². The van der Waals surface area contributed by atoms with Gasteiger partial charge in [-0.3, -0.25) is 14.3 Å². The molecule has 3 atom stereocenters. The van der Waals surface area contributed by atoms with Crippen molar-refractivity contribution < 1.29 is 9.53 Å². The second-order valence-electron chi connectivity index (χ2n) is 10.3. The van der Waals surface area contributed by atoms with Gasteiger partial charge in [0.2, 0.25) is 5.91 Å². The minimum absolute atomic E-state index is 0.0443. The van der Waals surface area contributed by atoms with Gasteiger partial charge < -0.3 is 10.1 Å². The summed E-state index contributed by atoms with van der Waals surface area (Å²) in [5, 5.41) is 7.91. The third-order valence-corrected chi connectivity index (χ3v) is 7.29. The summed E-state index contributed by atoms with van der Waals surface area (Å²) < 4.78 is 8.33. The van der Waals surface area contributed by atoms with E-state index in [1.807, 2.05) is 38.2 Å². The fraction of sp³-hybridized carbons (Fsp3) is 0.481. The van der Waals surface area contributed by atoms with Crippen molar-refractivity contribution in [2.75, 3.05) is 13.2 Å². The van der Waals surface area contributed by atoms with Crippen LogP contribution in [0.4, 0.5) is 0 Å². The van der Waals surface area contributed by atoms with Crippen molar-refractivity contribution >= 4 is 17.5 Å². The largest absolute Gasteiger partial charge is 0.378 e. The van der Waals surface area contributed by atoms with Gasteiger partial charge >= 0.3 is 5.69 Å². The molecule has 0 saturated carbocycles. The van der Waals surface area contributed by atoms with Gasteiger partial charge in [0.15, 0.2) is 11.6 Å². The van der Waals surface area contributed by atoms with Crippen LogP contribution in [0.5, 0.6) is 0 Å². The van der Waals surface area contributed by atoms with Gasteiger partial charge in [0, 0.05) is 41.0 Å².